The molecule has 1 fully saturated rings. The molecule has 132 valence electrons. The van der Waals surface area contributed by atoms with Crippen molar-refractivity contribution in [2.75, 3.05) is 0 Å². The number of hydrogen-bond donors (Lipinski definition) is 1. The van der Waals surface area contributed by atoms with Crippen LogP contribution in [0.25, 0.3) is 10.8 Å². The minimum atomic E-state index is 0.113. The van der Waals surface area contributed by atoms with Gasteiger partial charge in [-0.3, -0.25) is 4.79 Å². The lowest BCUT2D eigenvalue weighted by Crippen LogP contribution is -2.33. The highest BCUT2D eigenvalue weighted by Crippen LogP contribution is 2.35. The maximum absolute atomic E-state index is 12.9. The van der Waals surface area contributed by atoms with Gasteiger partial charge in [0.15, 0.2) is 0 Å². The zero-order chi connectivity index (χ0) is 17.8. The van der Waals surface area contributed by atoms with Crippen LogP contribution in [0.3, 0.4) is 0 Å². The lowest BCUT2D eigenvalue weighted by molar-refractivity contribution is -0.121. The maximum Gasteiger partial charge on any atom is 0.224 e. The van der Waals surface area contributed by atoms with Gasteiger partial charge in [0.05, 0.1) is 12.5 Å². The molecule has 3 aromatic carbocycles. The molecule has 26 heavy (non-hydrogen) atoms. The van der Waals surface area contributed by atoms with Crippen molar-refractivity contribution in [2.45, 2.75) is 38.1 Å². The van der Waals surface area contributed by atoms with E-state index >= 15 is 0 Å². The molecule has 2 nitrogen and oxygen atoms in total. The van der Waals surface area contributed by atoms with Crippen molar-refractivity contribution in [1.82, 2.24) is 5.32 Å². The van der Waals surface area contributed by atoms with Crippen LogP contribution in [0.2, 0.25) is 0 Å². The van der Waals surface area contributed by atoms with Crippen LogP contribution in [-0.4, -0.2) is 5.91 Å². The van der Waals surface area contributed by atoms with Gasteiger partial charge in [0, 0.05) is 0 Å². The molecule has 0 spiro atoms. The van der Waals surface area contributed by atoms with E-state index in [-0.39, 0.29) is 11.9 Å². The van der Waals surface area contributed by atoms with Crippen molar-refractivity contribution < 1.29 is 4.79 Å². The molecule has 0 radical (unpaired) electrons. The van der Waals surface area contributed by atoms with Crippen LogP contribution in [0.15, 0.2) is 72.8 Å². The zero-order valence-corrected chi connectivity index (χ0v) is 15.0. The Kier molecular flexibility index (Phi) is 5.01. The molecule has 1 amide bonds. The summed E-state index contributed by atoms with van der Waals surface area (Å²) in [4.78, 5) is 12.9. The van der Waals surface area contributed by atoms with Crippen molar-refractivity contribution in [2.24, 2.45) is 5.92 Å². The average Bonchev–Trinajstić information content (AvgIpc) is 3.22. The second kappa shape index (κ2) is 7.74. The average molecular weight is 343 g/mol. The van der Waals surface area contributed by atoms with Crippen LogP contribution in [0.5, 0.6) is 0 Å². The molecule has 3 aromatic rings. The Bertz CT molecular complexity index is 876. The first kappa shape index (κ1) is 16.8. The van der Waals surface area contributed by atoms with Crippen molar-refractivity contribution in [1.29, 1.82) is 0 Å². The minimum absolute atomic E-state index is 0.113. The van der Waals surface area contributed by atoms with E-state index in [4.69, 9.17) is 0 Å². The molecule has 1 atom stereocenters. The van der Waals surface area contributed by atoms with Gasteiger partial charge in [-0.15, -0.1) is 0 Å². The number of benzene rings is 3. The van der Waals surface area contributed by atoms with Gasteiger partial charge in [-0.1, -0.05) is 85.6 Å². The molecule has 4 rings (SSSR count). The van der Waals surface area contributed by atoms with E-state index in [1.807, 2.05) is 24.3 Å². The summed E-state index contributed by atoms with van der Waals surface area (Å²) in [6, 6.07) is 25.0. The number of nitrogens with one attached hydrogen (secondary N) is 1. The number of carbonyl (C=O) groups excluding carboxylic acids is 1. The fourth-order valence-electron chi connectivity index (χ4n) is 4.27. The first-order chi connectivity index (χ1) is 12.8. The topological polar surface area (TPSA) is 29.1 Å². The Hall–Kier alpha value is -2.61. The highest BCUT2D eigenvalue weighted by molar-refractivity contribution is 5.90. The first-order valence-corrected chi connectivity index (χ1v) is 9.62. The predicted molar refractivity (Wildman–Crippen MR) is 107 cm³/mol. The van der Waals surface area contributed by atoms with Crippen LogP contribution in [0, 0.1) is 5.92 Å². The normalized spacial score (nSPS) is 15.8. The van der Waals surface area contributed by atoms with Gasteiger partial charge < -0.3 is 5.32 Å². The van der Waals surface area contributed by atoms with E-state index in [0.717, 1.165) is 5.56 Å². The van der Waals surface area contributed by atoms with E-state index in [1.165, 1.54) is 42.0 Å². The highest BCUT2D eigenvalue weighted by Gasteiger charge is 2.27. The van der Waals surface area contributed by atoms with E-state index in [9.17, 15) is 4.79 Å². The molecular weight excluding hydrogens is 318 g/mol. The Morgan fingerprint density at radius 3 is 2.38 bits per heavy atom. The molecule has 2 heteroatoms. The highest BCUT2D eigenvalue weighted by atomic mass is 16.1. The minimum Gasteiger partial charge on any atom is -0.349 e. The third-order valence-corrected chi connectivity index (χ3v) is 5.58. The summed E-state index contributed by atoms with van der Waals surface area (Å²) < 4.78 is 0. The van der Waals surface area contributed by atoms with Crippen LogP contribution in [0.1, 0.15) is 42.9 Å². The van der Waals surface area contributed by atoms with Crippen molar-refractivity contribution in [3.05, 3.63) is 83.9 Å². The van der Waals surface area contributed by atoms with Gasteiger partial charge in [0.25, 0.3) is 0 Å². The molecular formula is C24H25NO. The molecule has 1 N–H and O–H groups in total. The van der Waals surface area contributed by atoms with E-state index in [0.29, 0.717) is 12.3 Å². The lowest BCUT2D eigenvalue weighted by atomic mass is 9.91. The Morgan fingerprint density at radius 1 is 0.885 bits per heavy atom. The van der Waals surface area contributed by atoms with Crippen molar-refractivity contribution in [3.63, 3.8) is 0 Å². The molecule has 1 aliphatic rings. The van der Waals surface area contributed by atoms with E-state index < -0.39 is 0 Å². The smallest absolute Gasteiger partial charge is 0.224 e. The van der Waals surface area contributed by atoms with Crippen LogP contribution >= 0.6 is 0 Å². The number of hydrogen-bond acceptors (Lipinski definition) is 1. The molecule has 0 bridgehead atoms. The summed E-state index contributed by atoms with van der Waals surface area (Å²) in [6.07, 6.45) is 5.38. The van der Waals surface area contributed by atoms with Gasteiger partial charge in [0.2, 0.25) is 5.91 Å². The van der Waals surface area contributed by atoms with Gasteiger partial charge in [-0.2, -0.15) is 0 Å². The second-order valence-corrected chi connectivity index (χ2v) is 7.32. The summed E-state index contributed by atoms with van der Waals surface area (Å²) in [7, 11) is 0. The summed E-state index contributed by atoms with van der Waals surface area (Å²) >= 11 is 0. The standard InChI is InChI=1S/C24H25NO/c26-23(17-21-15-8-14-18-9-6-7-16-22(18)21)25-24(20-12-4-5-13-20)19-10-2-1-3-11-19/h1-3,6-11,14-16,20,24H,4-5,12-13,17H2,(H,25,26)/t24-/m1/s1. The van der Waals surface area contributed by atoms with E-state index in [1.54, 1.807) is 0 Å². The molecule has 0 aromatic heterocycles. The summed E-state index contributed by atoms with van der Waals surface area (Å²) in [5, 5.41) is 5.71. The van der Waals surface area contributed by atoms with Gasteiger partial charge in [-0.05, 0) is 40.7 Å². The molecule has 0 unspecified atom stereocenters. The quantitative estimate of drug-likeness (QED) is 0.657. The third-order valence-electron chi connectivity index (χ3n) is 5.58. The molecule has 0 aliphatic heterocycles. The van der Waals surface area contributed by atoms with Crippen molar-refractivity contribution >= 4 is 16.7 Å². The van der Waals surface area contributed by atoms with Crippen LogP contribution < -0.4 is 5.32 Å². The van der Waals surface area contributed by atoms with Gasteiger partial charge in [-0.25, -0.2) is 0 Å². The Labute approximate surface area is 155 Å². The summed E-state index contributed by atoms with van der Waals surface area (Å²) in [6.45, 7) is 0. The second-order valence-electron chi connectivity index (χ2n) is 7.32. The fraction of sp³-hybridized carbons (Fsp3) is 0.292. The number of amides is 1. The monoisotopic (exact) mass is 343 g/mol. The maximum atomic E-state index is 12.9. The third kappa shape index (κ3) is 3.65. The van der Waals surface area contributed by atoms with Crippen LogP contribution in [-0.2, 0) is 11.2 Å². The Balaban J connectivity index is 1.54. The SMILES string of the molecule is O=C(Cc1cccc2ccccc12)N[C@H](c1ccccc1)C1CCCC1. The van der Waals surface area contributed by atoms with Crippen LogP contribution in [0.4, 0.5) is 0 Å². The van der Waals surface area contributed by atoms with Crippen molar-refractivity contribution in [3.8, 4) is 0 Å². The largest absolute Gasteiger partial charge is 0.349 e. The molecule has 1 saturated carbocycles. The Morgan fingerprint density at radius 2 is 1.58 bits per heavy atom. The molecule has 1 aliphatic carbocycles. The zero-order valence-electron chi connectivity index (χ0n) is 15.0. The van der Waals surface area contributed by atoms with Gasteiger partial charge in [0.1, 0.15) is 0 Å². The fourth-order valence-corrected chi connectivity index (χ4v) is 4.27. The number of carbonyl (C=O) groups is 1. The summed E-state index contributed by atoms with van der Waals surface area (Å²) in [5.41, 5.74) is 2.32. The number of fused-ring (bicyclic) bond motifs is 1. The van der Waals surface area contributed by atoms with E-state index in [2.05, 4.69) is 53.8 Å². The predicted octanol–water partition coefficient (Wildman–Crippen LogP) is 5.43. The summed E-state index contributed by atoms with van der Waals surface area (Å²) in [5.74, 6) is 0.663. The molecule has 0 saturated heterocycles. The lowest BCUT2D eigenvalue weighted by Gasteiger charge is -2.25. The first-order valence-electron chi connectivity index (χ1n) is 9.62. The van der Waals surface area contributed by atoms with Gasteiger partial charge >= 0.3 is 0 Å². The molecule has 0 heterocycles. The number of rotatable bonds is 5.